The van der Waals surface area contributed by atoms with Crippen molar-refractivity contribution in [2.75, 3.05) is 44.6 Å². The fourth-order valence-electron chi connectivity index (χ4n) is 3.36. The molecule has 2 aromatic rings. The molecule has 1 heterocycles. The van der Waals surface area contributed by atoms with Gasteiger partial charge in [-0.05, 0) is 36.8 Å². The topological polar surface area (TPSA) is 88.0 Å². The molecule has 1 amide bonds. The lowest BCUT2D eigenvalue weighted by atomic mass is 10.2. The van der Waals surface area contributed by atoms with E-state index in [1.54, 1.807) is 6.07 Å². The number of nitrogens with zero attached hydrogens (tertiary/aromatic N) is 3. The Balaban J connectivity index is 1.44. The molecule has 0 atom stereocenters. The summed E-state index contributed by atoms with van der Waals surface area (Å²) in [5.74, 6) is 0.676. The molecule has 2 aromatic carbocycles. The molecule has 0 bridgehead atoms. The average Bonchev–Trinajstić information content (AvgIpc) is 2.72. The van der Waals surface area contributed by atoms with Crippen LogP contribution in [-0.2, 0) is 11.3 Å². The van der Waals surface area contributed by atoms with E-state index in [9.17, 15) is 14.9 Å². The summed E-state index contributed by atoms with van der Waals surface area (Å²) in [6, 6.07) is 12.4. The van der Waals surface area contributed by atoms with Crippen LogP contribution >= 0.6 is 11.6 Å². The van der Waals surface area contributed by atoms with Crippen LogP contribution in [0.2, 0.25) is 5.02 Å². The van der Waals surface area contributed by atoms with Gasteiger partial charge in [-0.3, -0.25) is 24.7 Å². The lowest BCUT2D eigenvalue weighted by Crippen LogP contribution is -2.48. The van der Waals surface area contributed by atoms with E-state index >= 15 is 0 Å². The summed E-state index contributed by atoms with van der Waals surface area (Å²) in [4.78, 5) is 27.2. The van der Waals surface area contributed by atoms with Crippen LogP contribution in [0.4, 0.5) is 11.4 Å². The Bertz CT molecular complexity index is 883. The van der Waals surface area contributed by atoms with E-state index in [2.05, 4.69) is 27.2 Å². The number of amides is 1. The van der Waals surface area contributed by atoms with Crippen LogP contribution < -0.4 is 10.1 Å². The second-order valence-electron chi connectivity index (χ2n) is 7.10. The summed E-state index contributed by atoms with van der Waals surface area (Å²) in [7, 11) is 0. The number of benzene rings is 2. The third-order valence-corrected chi connectivity index (χ3v) is 5.22. The van der Waals surface area contributed by atoms with Crippen LogP contribution in [0.25, 0.3) is 0 Å². The lowest BCUT2D eigenvalue weighted by molar-refractivity contribution is -0.384. The second kappa shape index (κ2) is 10.4. The first-order chi connectivity index (χ1) is 14.4. The molecule has 1 aliphatic heterocycles. The summed E-state index contributed by atoms with van der Waals surface area (Å²) >= 11 is 5.80. The zero-order valence-electron chi connectivity index (χ0n) is 16.8. The normalized spacial score (nSPS) is 15.0. The molecule has 0 aromatic heterocycles. The van der Waals surface area contributed by atoms with Gasteiger partial charge in [0.15, 0.2) is 0 Å². The van der Waals surface area contributed by atoms with Crippen molar-refractivity contribution in [3.05, 3.63) is 63.2 Å². The fourth-order valence-corrected chi connectivity index (χ4v) is 3.54. The number of anilines is 1. The number of nitro groups is 1. The fraction of sp³-hybridized carbons (Fsp3) is 0.381. The molecule has 1 saturated heterocycles. The van der Waals surface area contributed by atoms with Gasteiger partial charge in [0.2, 0.25) is 5.91 Å². The average molecular weight is 433 g/mol. The maximum absolute atomic E-state index is 12.3. The van der Waals surface area contributed by atoms with Crippen molar-refractivity contribution in [1.29, 1.82) is 0 Å². The van der Waals surface area contributed by atoms with Crippen LogP contribution in [0, 0.1) is 10.1 Å². The van der Waals surface area contributed by atoms with Gasteiger partial charge in [-0.25, -0.2) is 0 Å². The molecule has 0 saturated carbocycles. The molecule has 3 rings (SSSR count). The molecule has 30 heavy (non-hydrogen) atoms. The highest BCUT2D eigenvalue weighted by molar-refractivity contribution is 6.32. The van der Waals surface area contributed by atoms with Crippen molar-refractivity contribution in [2.45, 2.75) is 13.5 Å². The van der Waals surface area contributed by atoms with Crippen LogP contribution in [-0.4, -0.2) is 60.0 Å². The molecule has 1 fully saturated rings. The zero-order chi connectivity index (χ0) is 21.5. The summed E-state index contributed by atoms with van der Waals surface area (Å²) in [5, 5.41) is 13.7. The van der Waals surface area contributed by atoms with Crippen molar-refractivity contribution < 1.29 is 14.5 Å². The standard InChI is InChI=1S/C21H25ClN4O4/c1-2-30-18-6-3-16(4-7-18)14-24-9-11-25(12-10-24)15-21(27)23-17-5-8-19(22)20(13-17)26(28)29/h3-8,13H,2,9-12,14-15H2,1H3,(H,23,27). The van der Waals surface area contributed by atoms with Gasteiger partial charge >= 0.3 is 0 Å². The Kier molecular flexibility index (Phi) is 7.62. The number of hydrogen-bond donors (Lipinski definition) is 1. The molecule has 8 nitrogen and oxygen atoms in total. The van der Waals surface area contributed by atoms with E-state index < -0.39 is 4.92 Å². The van der Waals surface area contributed by atoms with Gasteiger partial charge < -0.3 is 10.1 Å². The molecular formula is C21H25ClN4O4. The quantitative estimate of drug-likeness (QED) is 0.508. The van der Waals surface area contributed by atoms with Gasteiger partial charge in [-0.1, -0.05) is 23.7 Å². The van der Waals surface area contributed by atoms with E-state index in [0.717, 1.165) is 38.5 Å². The number of nitrogens with one attached hydrogen (secondary N) is 1. The molecule has 1 N–H and O–H groups in total. The smallest absolute Gasteiger partial charge is 0.289 e. The van der Waals surface area contributed by atoms with Crippen LogP contribution in [0.5, 0.6) is 5.75 Å². The van der Waals surface area contributed by atoms with Gasteiger partial charge in [0.1, 0.15) is 10.8 Å². The van der Waals surface area contributed by atoms with Gasteiger partial charge in [0.25, 0.3) is 5.69 Å². The molecule has 0 radical (unpaired) electrons. The molecule has 0 aliphatic carbocycles. The molecule has 1 aliphatic rings. The Morgan fingerprint density at radius 2 is 1.80 bits per heavy atom. The minimum Gasteiger partial charge on any atom is -0.494 e. The molecule has 0 spiro atoms. The number of rotatable bonds is 8. The number of carbonyl (C=O) groups is 1. The maximum atomic E-state index is 12.3. The van der Waals surface area contributed by atoms with Crippen LogP contribution in [0.1, 0.15) is 12.5 Å². The third-order valence-electron chi connectivity index (χ3n) is 4.90. The van der Waals surface area contributed by atoms with E-state index in [4.69, 9.17) is 16.3 Å². The van der Waals surface area contributed by atoms with Crippen LogP contribution in [0.3, 0.4) is 0 Å². The highest BCUT2D eigenvalue weighted by Crippen LogP contribution is 2.27. The summed E-state index contributed by atoms with van der Waals surface area (Å²) in [6.45, 7) is 7.03. The first-order valence-electron chi connectivity index (χ1n) is 9.85. The summed E-state index contributed by atoms with van der Waals surface area (Å²) in [5.41, 5.74) is 1.37. The Morgan fingerprint density at radius 1 is 1.13 bits per heavy atom. The first kappa shape index (κ1) is 22.0. The molecule has 0 unspecified atom stereocenters. The third kappa shape index (κ3) is 6.16. The number of carbonyl (C=O) groups excluding carboxylic acids is 1. The Labute approximate surface area is 180 Å². The molecular weight excluding hydrogens is 408 g/mol. The van der Waals surface area contributed by atoms with Gasteiger partial charge in [-0.2, -0.15) is 0 Å². The number of hydrogen-bond acceptors (Lipinski definition) is 6. The second-order valence-corrected chi connectivity index (χ2v) is 7.51. The summed E-state index contributed by atoms with van der Waals surface area (Å²) < 4.78 is 5.47. The monoisotopic (exact) mass is 432 g/mol. The van der Waals surface area contributed by atoms with E-state index in [-0.39, 0.29) is 23.2 Å². The number of nitro benzene ring substituents is 1. The lowest BCUT2D eigenvalue weighted by Gasteiger charge is -2.34. The highest BCUT2D eigenvalue weighted by atomic mass is 35.5. The molecule has 160 valence electrons. The molecule has 9 heteroatoms. The van der Waals surface area contributed by atoms with Crippen LogP contribution in [0.15, 0.2) is 42.5 Å². The van der Waals surface area contributed by atoms with E-state index in [1.165, 1.54) is 17.7 Å². The first-order valence-corrected chi connectivity index (χ1v) is 10.2. The highest BCUT2D eigenvalue weighted by Gasteiger charge is 2.20. The minimum absolute atomic E-state index is 0.0432. The van der Waals surface area contributed by atoms with Crippen molar-refractivity contribution >= 4 is 28.9 Å². The predicted molar refractivity (Wildman–Crippen MR) is 116 cm³/mol. The van der Waals surface area contributed by atoms with Crippen molar-refractivity contribution in [2.24, 2.45) is 0 Å². The van der Waals surface area contributed by atoms with Crippen molar-refractivity contribution in [1.82, 2.24) is 9.80 Å². The van der Waals surface area contributed by atoms with Gasteiger partial charge in [0, 0.05) is 44.5 Å². The Hall–Kier alpha value is -2.68. The van der Waals surface area contributed by atoms with E-state index in [0.29, 0.717) is 12.3 Å². The predicted octanol–water partition coefficient (Wildman–Crippen LogP) is 3.40. The largest absolute Gasteiger partial charge is 0.494 e. The number of ether oxygens (including phenoxy) is 1. The van der Waals surface area contributed by atoms with E-state index in [1.807, 2.05) is 19.1 Å². The number of piperazine rings is 1. The summed E-state index contributed by atoms with van der Waals surface area (Å²) in [6.07, 6.45) is 0. The SMILES string of the molecule is CCOc1ccc(CN2CCN(CC(=O)Nc3ccc(Cl)c([N+](=O)[O-])c3)CC2)cc1. The van der Waals surface area contributed by atoms with Gasteiger partial charge in [-0.15, -0.1) is 0 Å². The van der Waals surface area contributed by atoms with Crippen molar-refractivity contribution in [3.8, 4) is 5.75 Å². The zero-order valence-corrected chi connectivity index (χ0v) is 17.6. The maximum Gasteiger partial charge on any atom is 0.289 e. The number of halogens is 1. The van der Waals surface area contributed by atoms with Crippen molar-refractivity contribution in [3.63, 3.8) is 0 Å². The minimum atomic E-state index is -0.568. The van der Waals surface area contributed by atoms with Gasteiger partial charge in [0.05, 0.1) is 18.1 Å². The Morgan fingerprint density at radius 3 is 2.43 bits per heavy atom.